The van der Waals surface area contributed by atoms with Crippen LogP contribution in [0.25, 0.3) is 0 Å². The number of halogens is 1. The maximum absolute atomic E-state index is 6.33. The van der Waals surface area contributed by atoms with E-state index in [-0.39, 0.29) is 6.04 Å². The van der Waals surface area contributed by atoms with Crippen LogP contribution in [-0.2, 0) is 12.8 Å². The lowest BCUT2D eigenvalue weighted by molar-refractivity contribution is 0.296. The lowest BCUT2D eigenvalue weighted by Gasteiger charge is -2.16. The highest BCUT2D eigenvalue weighted by Gasteiger charge is 2.23. The highest BCUT2D eigenvalue weighted by molar-refractivity contribution is 6.32. The van der Waals surface area contributed by atoms with E-state index in [2.05, 4.69) is 13.0 Å². The number of ether oxygens (including phenoxy) is 1. The van der Waals surface area contributed by atoms with Crippen molar-refractivity contribution in [3.63, 3.8) is 0 Å². The summed E-state index contributed by atoms with van der Waals surface area (Å²) in [5.41, 5.74) is 8.30. The molecule has 1 aromatic rings. The third kappa shape index (κ3) is 3.63. The lowest BCUT2D eigenvalue weighted by atomic mass is 10.0. The Morgan fingerprint density at radius 2 is 2.17 bits per heavy atom. The topological polar surface area (TPSA) is 35.2 Å². The van der Waals surface area contributed by atoms with Crippen LogP contribution in [0.15, 0.2) is 12.1 Å². The van der Waals surface area contributed by atoms with Gasteiger partial charge in [-0.2, -0.15) is 0 Å². The van der Waals surface area contributed by atoms with Gasteiger partial charge in [0.25, 0.3) is 0 Å². The molecule has 0 saturated heterocycles. The number of nitrogens with two attached hydrogens (primary N) is 1. The summed E-state index contributed by atoms with van der Waals surface area (Å²) in [7, 11) is 0. The Kier molecular flexibility index (Phi) is 4.52. The minimum Gasteiger partial charge on any atom is -0.491 e. The molecule has 0 amide bonds. The normalized spacial score (nSPS) is 16.7. The molecular weight excluding hydrogens is 246 g/mol. The van der Waals surface area contributed by atoms with Crippen LogP contribution in [0.2, 0.25) is 5.02 Å². The molecule has 0 aromatic heterocycles. The molecule has 1 atom stereocenters. The summed E-state index contributed by atoms with van der Waals surface area (Å²) in [6.07, 6.45) is 4.36. The molecule has 2 N–H and O–H groups in total. The van der Waals surface area contributed by atoms with Gasteiger partial charge in [0.2, 0.25) is 0 Å². The molecule has 1 aromatic carbocycles. The third-order valence-corrected chi connectivity index (χ3v) is 3.57. The molecule has 0 spiro atoms. The largest absolute Gasteiger partial charge is 0.491 e. The van der Waals surface area contributed by atoms with Gasteiger partial charge in [0.05, 0.1) is 11.6 Å². The molecule has 18 heavy (non-hydrogen) atoms. The standard InChI is InChI=1S/C15H22ClNO/c1-3-11-7-13(6-10(2)17)15(14(16)8-11)18-9-12-4-5-12/h7-8,10,12H,3-6,9,17H2,1-2H3. The zero-order valence-electron chi connectivity index (χ0n) is 11.2. The molecular formula is C15H22ClNO. The molecule has 2 rings (SSSR count). The van der Waals surface area contributed by atoms with Crippen LogP contribution in [-0.4, -0.2) is 12.6 Å². The van der Waals surface area contributed by atoms with E-state index in [9.17, 15) is 0 Å². The van der Waals surface area contributed by atoms with Crippen molar-refractivity contribution in [2.45, 2.75) is 45.6 Å². The molecule has 2 nitrogen and oxygen atoms in total. The van der Waals surface area contributed by atoms with Crippen molar-refractivity contribution < 1.29 is 4.74 Å². The van der Waals surface area contributed by atoms with Crippen molar-refractivity contribution in [2.75, 3.05) is 6.61 Å². The van der Waals surface area contributed by atoms with Crippen molar-refractivity contribution in [3.05, 3.63) is 28.3 Å². The monoisotopic (exact) mass is 267 g/mol. The Bertz CT molecular complexity index is 413. The molecule has 0 bridgehead atoms. The SMILES string of the molecule is CCc1cc(Cl)c(OCC2CC2)c(CC(C)N)c1. The van der Waals surface area contributed by atoms with Crippen molar-refractivity contribution in [3.8, 4) is 5.75 Å². The van der Waals surface area contributed by atoms with Crippen LogP contribution >= 0.6 is 11.6 Å². The van der Waals surface area contributed by atoms with Crippen molar-refractivity contribution in [1.29, 1.82) is 0 Å². The number of rotatable bonds is 6. The summed E-state index contributed by atoms with van der Waals surface area (Å²) in [4.78, 5) is 0. The summed E-state index contributed by atoms with van der Waals surface area (Å²) in [6, 6.07) is 4.31. The summed E-state index contributed by atoms with van der Waals surface area (Å²) >= 11 is 6.33. The molecule has 1 fully saturated rings. The molecule has 0 radical (unpaired) electrons. The second kappa shape index (κ2) is 5.94. The second-order valence-electron chi connectivity index (χ2n) is 5.36. The average Bonchev–Trinajstić information content (AvgIpc) is 3.10. The zero-order chi connectivity index (χ0) is 13.1. The van der Waals surface area contributed by atoms with Gasteiger partial charge in [-0.05, 0) is 55.7 Å². The minimum atomic E-state index is 0.122. The maximum Gasteiger partial charge on any atom is 0.141 e. The van der Waals surface area contributed by atoms with Crippen LogP contribution < -0.4 is 10.5 Å². The van der Waals surface area contributed by atoms with E-state index in [1.165, 1.54) is 18.4 Å². The summed E-state index contributed by atoms with van der Waals surface area (Å²) < 4.78 is 5.90. The quantitative estimate of drug-likeness (QED) is 0.855. The molecule has 0 heterocycles. The van der Waals surface area contributed by atoms with E-state index in [0.29, 0.717) is 0 Å². The van der Waals surface area contributed by atoms with Gasteiger partial charge in [0.15, 0.2) is 0 Å². The fraction of sp³-hybridized carbons (Fsp3) is 0.600. The lowest BCUT2D eigenvalue weighted by Crippen LogP contribution is -2.18. The Morgan fingerprint density at radius 1 is 1.44 bits per heavy atom. The molecule has 1 saturated carbocycles. The number of aryl methyl sites for hydroxylation is 1. The fourth-order valence-electron chi connectivity index (χ4n) is 2.06. The molecule has 3 heteroatoms. The van der Waals surface area contributed by atoms with Crippen LogP contribution in [0.5, 0.6) is 5.75 Å². The van der Waals surface area contributed by atoms with Gasteiger partial charge >= 0.3 is 0 Å². The van der Waals surface area contributed by atoms with Gasteiger partial charge in [0.1, 0.15) is 5.75 Å². The van der Waals surface area contributed by atoms with E-state index in [1.807, 2.05) is 13.0 Å². The molecule has 1 aliphatic carbocycles. The maximum atomic E-state index is 6.33. The van der Waals surface area contributed by atoms with Crippen molar-refractivity contribution >= 4 is 11.6 Å². The van der Waals surface area contributed by atoms with Crippen molar-refractivity contribution in [2.24, 2.45) is 11.7 Å². The van der Waals surface area contributed by atoms with Gasteiger partial charge < -0.3 is 10.5 Å². The summed E-state index contributed by atoms with van der Waals surface area (Å²) in [6.45, 7) is 4.93. The number of hydrogen-bond acceptors (Lipinski definition) is 2. The first-order valence-electron chi connectivity index (χ1n) is 6.79. The number of benzene rings is 1. The van der Waals surface area contributed by atoms with Crippen LogP contribution in [0.1, 0.15) is 37.8 Å². The van der Waals surface area contributed by atoms with E-state index < -0.39 is 0 Å². The highest BCUT2D eigenvalue weighted by atomic mass is 35.5. The Balaban J connectivity index is 2.21. The molecule has 100 valence electrons. The Labute approximate surface area is 114 Å². The number of hydrogen-bond donors (Lipinski definition) is 1. The fourth-order valence-corrected chi connectivity index (χ4v) is 2.38. The van der Waals surface area contributed by atoms with E-state index in [4.69, 9.17) is 22.1 Å². The second-order valence-corrected chi connectivity index (χ2v) is 5.76. The molecule has 0 aliphatic heterocycles. The summed E-state index contributed by atoms with van der Waals surface area (Å²) in [5, 5.41) is 0.727. The van der Waals surface area contributed by atoms with E-state index in [1.54, 1.807) is 0 Å². The van der Waals surface area contributed by atoms with Gasteiger partial charge in [-0.1, -0.05) is 24.6 Å². The van der Waals surface area contributed by atoms with Gasteiger partial charge in [0, 0.05) is 6.04 Å². The van der Waals surface area contributed by atoms with Gasteiger partial charge in [-0.25, -0.2) is 0 Å². The first kappa shape index (κ1) is 13.7. The first-order chi connectivity index (χ1) is 8.60. The third-order valence-electron chi connectivity index (χ3n) is 3.29. The van der Waals surface area contributed by atoms with Gasteiger partial charge in [-0.3, -0.25) is 0 Å². The summed E-state index contributed by atoms with van der Waals surface area (Å²) in [5.74, 6) is 1.58. The smallest absolute Gasteiger partial charge is 0.141 e. The predicted octanol–water partition coefficient (Wildman–Crippen LogP) is 3.58. The van der Waals surface area contributed by atoms with E-state index in [0.717, 1.165) is 41.7 Å². The predicted molar refractivity (Wildman–Crippen MR) is 76.4 cm³/mol. The van der Waals surface area contributed by atoms with Crippen LogP contribution in [0.3, 0.4) is 0 Å². The highest BCUT2D eigenvalue weighted by Crippen LogP contribution is 2.35. The van der Waals surface area contributed by atoms with Gasteiger partial charge in [-0.15, -0.1) is 0 Å². The molecule has 1 aliphatic rings. The van der Waals surface area contributed by atoms with Crippen molar-refractivity contribution in [1.82, 2.24) is 0 Å². The minimum absolute atomic E-state index is 0.122. The Hall–Kier alpha value is -0.730. The first-order valence-corrected chi connectivity index (χ1v) is 7.17. The van der Waals surface area contributed by atoms with Crippen LogP contribution in [0, 0.1) is 5.92 Å². The van der Waals surface area contributed by atoms with Crippen LogP contribution in [0.4, 0.5) is 0 Å². The average molecular weight is 268 g/mol. The molecule has 1 unspecified atom stereocenters. The zero-order valence-corrected chi connectivity index (χ0v) is 12.0. The Morgan fingerprint density at radius 3 is 2.72 bits per heavy atom. The van der Waals surface area contributed by atoms with E-state index >= 15 is 0 Å².